The lowest BCUT2D eigenvalue weighted by Crippen LogP contribution is -2.42. The van der Waals surface area contributed by atoms with Crippen LogP contribution in [0.25, 0.3) is 0 Å². The molecule has 0 fully saturated rings. The first-order valence-electron chi connectivity index (χ1n) is 6.77. The third kappa shape index (κ3) is 4.31. The van der Waals surface area contributed by atoms with Gasteiger partial charge in [0.25, 0.3) is 0 Å². The average molecular weight is 307 g/mol. The normalized spacial score (nSPS) is 12.4. The van der Waals surface area contributed by atoms with Gasteiger partial charge < -0.3 is 5.32 Å². The van der Waals surface area contributed by atoms with Gasteiger partial charge in [0.2, 0.25) is 5.91 Å². The lowest BCUT2D eigenvalue weighted by atomic mass is 10.2. The minimum absolute atomic E-state index is 0.0269. The number of H-pyrrole nitrogens is 1. The molecule has 112 valence electrons. The van der Waals surface area contributed by atoms with Crippen LogP contribution in [-0.2, 0) is 17.9 Å². The molecule has 0 aliphatic heterocycles. The number of aromatic amines is 1. The molecule has 21 heavy (non-hydrogen) atoms. The number of hydrogen-bond acceptors (Lipinski definition) is 3. The Morgan fingerprint density at radius 1 is 1.48 bits per heavy atom. The minimum atomic E-state index is -0.234. The number of benzene rings is 1. The van der Waals surface area contributed by atoms with Crippen molar-refractivity contribution in [1.82, 2.24) is 20.4 Å². The van der Waals surface area contributed by atoms with Gasteiger partial charge in [-0.1, -0.05) is 29.8 Å². The summed E-state index contributed by atoms with van der Waals surface area (Å²) in [5.74, 6) is -0.0269. The molecule has 0 spiro atoms. The quantitative estimate of drug-likeness (QED) is 0.860. The summed E-state index contributed by atoms with van der Waals surface area (Å²) in [6.07, 6.45) is 3.58. The summed E-state index contributed by atoms with van der Waals surface area (Å²) < 4.78 is 0. The van der Waals surface area contributed by atoms with E-state index in [1.807, 2.05) is 49.3 Å². The van der Waals surface area contributed by atoms with Crippen molar-refractivity contribution in [2.45, 2.75) is 26.1 Å². The molecule has 1 amide bonds. The summed E-state index contributed by atoms with van der Waals surface area (Å²) in [4.78, 5) is 14.1. The third-order valence-electron chi connectivity index (χ3n) is 3.44. The van der Waals surface area contributed by atoms with Crippen LogP contribution in [0.2, 0.25) is 5.02 Å². The van der Waals surface area contributed by atoms with E-state index in [0.717, 1.165) is 11.1 Å². The number of hydrogen-bond donors (Lipinski definition) is 2. The number of carbonyl (C=O) groups excluding carboxylic acids is 1. The zero-order valence-corrected chi connectivity index (χ0v) is 12.9. The molecule has 2 N–H and O–H groups in total. The number of halogens is 1. The van der Waals surface area contributed by atoms with E-state index in [1.54, 1.807) is 6.20 Å². The van der Waals surface area contributed by atoms with E-state index >= 15 is 0 Å². The lowest BCUT2D eigenvalue weighted by Gasteiger charge is -2.23. The second-order valence-corrected chi connectivity index (χ2v) is 5.41. The van der Waals surface area contributed by atoms with E-state index in [2.05, 4.69) is 15.5 Å². The zero-order chi connectivity index (χ0) is 15.2. The Morgan fingerprint density at radius 2 is 2.24 bits per heavy atom. The van der Waals surface area contributed by atoms with Gasteiger partial charge in [0.05, 0.1) is 12.2 Å². The van der Waals surface area contributed by atoms with Crippen molar-refractivity contribution in [2.24, 2.45) is 0 Å². The minimum Gasteiger partial charge on any atom is -0.351 e. The Bertz CT molecular complexity index is 585. The highest BCUT2D eigenvalue weighted by Gasteiger charge is 2.18. The number of aromatic nitrogens is 2. The maximum atomic E-state index is 12.2. The monoisotopic (exact) mass is 306 g/mol. The highest BCUT2D eigenvalue weighted by atomic mass is 35.5. The molecule has 1 unspecified atom stereocenters. The first kappa shape index (κ1) is 15.5. The fraction of sp³-hybridized carbons (Fsp3) is 0.333. The third-order valence-corrected chi connectivity index (χ3v) is 3.81. The van der Waals surface area contributed by atoms with E-state index in [-0.39, 0.29) is 11.9 Å². The van der Waals surface area contributed by atoms with Crippen LogP contribution < -0.4 is 5.32 Å². The predicted octanol–water partition coefficient (Wildman–Crippen LogP) is 2.20. The van der Waals surface area contributed by atoms with Gasteiger partial charge in [-0.3, -0.25) is 14.8 Å². The summed E-state index contributed by atoms with van der Waals surface area (Å²) in [5.41, 5.74) is 1.96. The molecule has 1 aromatic carbocycles. The van der Waals surface area contributed by atoms with Crippen LogP contribution in [0, 0.1) is 0 Å². The van der Waals surface area contributed by atoms with Crippen molar-refractivity contribution >= 4 is 17.5 Å². The second kappa shape index (κ2) is 7.24. The molecule has 2 rings (SSSR count). The predicted molar refractivity (Wildman–Crippen MR) is 82.8 cm³/mol. The van der Waals surface area contributed by atoms with Gasteiger partial charge in [-0.05, 0) is 25.6 Å². The smallest absolute Gasteiger partial charge is 0.237 e. The zero-order valence-electron chi connectivity index (χ0n) is 12.1. The molecule has 6 heteroatoms. The molecule has 0 aliphatic rings. The van der Waals surface area contributed by atoms with Crippen molar-refractivity contribution in [3.05, 3.63) is 52.8 Å². The molecule has 1 aromatic heterocycles. The number of carbonyl (C=O) groups is 1. The van der Waals surface area contributed by atoms with Gasteiger partial charge in [-0.2, -0.15) is 5.10 Å². The Kier molecular flexibility index (Phi) is 5.36. The van der Waals surface area contributed by atoms with Crippen molar-refractivity contribution in [2.75, 3.05) is 7.05 Å². The summed E-state index contributed by atoms with van der Waals surface area (Å²) in [7, 11) is 1.91. The Balaban J connectivity index is 1.86. The molecule has 0 radical (unpaired) electrons. The molecule has 1 atom stereocenters. The molecule has 5 nitrogen and oxygen atoms in total. The molecular formula is C15H19ClN4O. The van der Waals surface area contributed by atoms with Crippen LogP contribution in [0.15, 0.2) is 36.7 Å². The highest BCUT2D eigenvalue weighted by molar-refractivity contribution is 6.31. The van der Waals surface area contributed by atoms with E-state index in [4.69, 9.17) is 11.6 Å². The maximum Gasteiger partial charge on any atom is 0.237 e. The first-order valence-corrected chi connectivity index (χ1v) is 7.14. The maximum absolute atomic E-state index is 12.2. The second-order valence-electron chi connectivity index (χ2n) is 5.01. The topological polar surface area (TPSA) is 61.0 Å². The van der Waals surface area contributed by atoms with Crippen LogP contribution in [0.3, 0.4) is 0 Å². The van der Waals surface area contributed by atoms with E-state index in [0.29, 0.717) is 18.1 Å². The molecule has 1 heterocycles. The number of likely N-dealkylation sites (N-methyl/N-ethyl adjacent to an activating group) is 1. The first-order chi connectivity index (χ1) is 10.1. The van der Waals surface area contributed by atoms with Crippen LogP contribution in [0.4, 0.5) is 0 Å². The van der Waals surface area contributed by atoms with Crippen molar-refractivity contribution in [1.29, 1.82) is 0 Å². The number of nitrogens with zero attached hydrogens (tertiary/aromatic N) is 2. The summed E-state index contributed by atoms with van der Waals surface area (Å²) in [5, 5.41) is 10.2. The van der Waals surface area contributed by atoms with Crippen LogP contribution in [0.1, 0.15) is 18.1 Å². The van der Waals surface area contributed by atoms with Gasteiger partial charge in [0.15, 0.2) is 0 Å². The lowest BCUT2D eigenvalue weighted by molar-refractivity contribution is -0.125. The Morgan fingerprint density at radius 3 is 2.90 bits per heavy atom. The van der Waals surface area contributed by atoms with Crippen LogP contribution in [0.5, 0.6) is 0 Å². The highest BCUT2D eigenvalue weighted by Crippen LogP contribution is 2.14. The number of rotatable bonds is 6. The van der Waals surface area contributed by atoms with E-state index in [1.165, 1.54) is 0 Å². The number of nitrogens with one attached hydrogen (secondary N) is 2. The SMILES string of the molecule is CC(C(=O)NCc1ccccc1Cl)N(C)Cc1cn[nH]c1. The number of amides is 1. The molecule has 0 bridgehead atoms. The van der Waals surface area contributed by atoms with Crippen molar-refractivity contribution < 1.29 is 4.79 Å². The molecule has 0 aliphatic carbocycles. The van der Waals surface area contributed by atoms with Gasteiger partial charge in [0.1, 0.15) is 0 Å². The van der Waals surface area contributed by atoms with E-state index in [9.17, 15) is 4.79 Å². The van der Waals surface area contributed by atoms with Crippen molar-refractivity contribution in [3.8, 4) is 0 Å². The molecule has 0 saturated carbocycles. The fourth-order valence-corrected chi connectivity index (χ4v) is 2.16. The van der Waals surface area contributed by atoms with Gasteiger partial charge >= 0.3 is 0 Å². The van der Waals surface area contributed by atoms with E-state index < -0.39 is 0 Å². The van der Waals surface area contributed by atoms with Gasteiger partial charge in [0, 0.05) is 29.9 Å². The van der Waals surface area contributed by atoms with Gasteiger partial charge in [-0.25, -0.2) is 0 Å². The van der Waals surface area contributed by atoms with Crippen LogP contribution >= 0.6 is 11.6 Å². The molecular weight excluding hydrogens is 288 g/mol. The van der Waals surface area contributed by atoms with Crippen LogP contribution in [-0.4, -0.2) is 34.1 Å². The Hall–Kier alpha value is -1.85. The van der Waals surface area contributed by atoms with Crippen molar-refractivity contribution in [3.63, 3.8) is 0 Å². The largest absolute Gasteiger partial charge is 0.351 e. The Labute approximate surface area is 129 Å². The summed E-state index contributed by atoms with van der Waals surface area (Å²) >= 11 is 6.07. The fourth-order valence-electron chi connectivity index (χ4n) is 1.96. The molecule has 2 aromatic rings. The molecule has 0 saturated heterocycles. The standard InChI is InChI=1S/C15H19ClN4O/c1-11(20(2)10-12-7-18-19-8-12)15(21)17-9-13-5-3-4-6-14(13)16/h3-8,11H,9-10H2,1-2H3,(H,17,21)(H,18,19). The summed E-state index contributed by atoms with van der Waals surface area (Å²) in [6, 6.07) is 7.26. The average Bonchev–Trinajstić information content (AvgIpc) is 2.98. The van der Waals surface area contributed by atoms with Gasteiger partial charge in [-0.15, -0.1) is 0 Å². The summed E-state index contributed by atoms with van der Waals surface area (Å²) in [6.45, 7) is 2.97.